The van der Waals surface area contributed by atoms with Crippen molar-refractivity contribution < 1.29 is 15.0 Å². The molecule has 0 aromatic heterocycles. The van der Waals surface area contributed by atoms with Crippen LogP contribution in [0.4, 0.5) is 0 Å². The first-order valence-corrected chi connectivity index (χ1v) is 4.10. The smallest absolute Gasteiger partial charge is 0.303 e. The Hall–Kier alpha value is -0.830. The first-order chi connectivity index (χ1) is 5.52. The summed E-state index contributed by atoms with van der Waals surface area (Å²) in [7, 11) is 0. The van der Waals surface area contributed by atoms with Crippen molar-refractivity contribution in [1.82, 2.24) is 0 Å². The van der Waals surface area contributed by atoms with Gasteiger partial charge in [0.05, 0.1) is 6.10 Å². The third-order valence-corrected chi connectivity index (χ3v) is 1.37. The van der Waals surface area contributed by atoms with Crippen molar-refractivity contribution in [2.75, 3.05) is 0 Å². The number of allylic oxidation sites excluding steroid dienone is 1. The highest BCUT2D eigenvalue weighted by molar-refractivity contribution is 5.66. The van der Waals surface area contributed by atoms with Crippen molar-refractivity contribution in [2.24, 2.45) is 5.92 Å². The lowest BCUT2D eigenvalue weighted by molar-refractivity contribution is -0.137. The molecular formula is C9H16O3. The van der Waals surface area contributed by atoms with Crippen LogP contribution in [0.15, 0.2) is 12.2 Å². The molecule has 0 fully saturated rings. The minimum atomic E-state index is -0.869. The van der Waals surface area contributed by atoms with Gasteiger partial charge in [-0.3, -0.25) is 4.79 Å². The zero-order valence-corrected chi connectivity index (χ0v) is 7.53. The molecule has 0 amide bonds. The molecular weight excluding hydrogens is 156 g/mol. The summed E-state index contributed by atoms with van der Waals surface area (Å²) in [5.41, 5.74) is 0. The van der Waals surface area contributed by atoms with E-state index in [9.17, 15) is 9.90 Å². The molecule has 0 aliphatic carbocycles. The summed E-state index contributed by atoms with van der Waals surface area (Å²) in [6.07, 6.45) is 3.20. The number of hydrogen-bond acceptors (Lipinski definition) is 2. The largest absolute Gasteiger partial charge is 0.481 e. The highest BCUT2D eigenvalue weighted by Gasteiger charge is 2.02. The van der Waals surface area contributed by atoms with Gasteiger partial charge in [-0.1, -0.05) is 26.0 Å². The highest BCUT2D eigenvalue weighted by Crippen LogP contribution is 2.01. The zero-order chi connectivity index (χ0) is 9.56. The predicted octanol–water partition coefficient (Wildman–Crippen LogP) is 1.42. The summed E-state index contributed by atoms with van der Waals surface area (Å²) in [4.78, 5) is 10.1. The lowest BCUT2D eigenvalue weighted by atomic mass is 10.1. The number of hydrogen-bond donors (Lipinski definition) is 2. The van der Waals surface area contributed by atoms with Crippen molar-refractivity contribution in [3.63, 3.8) is 0 Å². The lowest BCUT2D eigenvalue weighted by Crippen LogP contribution is -2.06. The summed E-state index contributed by atoms with van der Waals surface area (Å²) >= 11 is 0. The molecule has 0 aromatic rings. The van der Waals surface area contributed by atoms with E-state index in [1.807, 2.05) is 19.9 Å². The molecule has 0 saturated carbocycles. The van der Waals surface area contributed by atoms with E-state index in [4.69, 9.17) is 5.11 Å². The third-order valence-electron chi connectivity index (χ3n) is 1.37. The van der Waals surface area contributed by atoms with E-state index < -0.39 is 12.1 Å². The maximum atomic E-state index is 10.1. The van der Waals surface area contributed by atoms with Crippen LogP contribution in [-0.2, 0) is 4.79 Å². The molecule has 0 aromatic carbocycles. The summed E-state index contributed by atoms with van der Waals surface area (Å²) < 4.78 is 0. The topological polar surface area (TPSA) is 57.5 Å². The number of aliphatic carboxylic acids is 1. The van der Waals surface area contributed by atoms with Crippen LogP contribution in [0.2, 0.25) is 0 Å². The Kier molecular flexibility index (Phi) is 5.37. The minimum Gasteiger partial charge on any atom is -0.481 e. The monoisotopic (exact) mass is 172 g/mol. The molecule has 0 aliphatic heterocycles. The standard InChI is InChI=1S/C9H16O3/c1-7(2)3-4-8(10)5-6-9(11)12/h3-4,7-8,10H,5-6H2,1-2H3,(H,11,12)/b4-3+. The van der Waals surface area contributed by atoms with Crippen molar-refractivity contribution in [3.8, 4) is 0 Å². The van der Waals surface area contributed by atoms with Gasteiger partial charge in [-0.25, -0.2) is 0 Å². The average molecular weight is 172 g/mol. The van der Waals surface area contributed by atoms with Crippen molar-refractivity contribution in [1.29, 1.82) is 0 Å². The molecule has 70 valence electrons. The third kappa shape index (κ3) is 7.28. The van der Waals surface area contributed by atoms with Gasteiger partial charge in [0.15, 0.2) is 0 Å². The Bertz CT molecular complexity index is 161. The lowest BCUT2D eigenvalue weighted by Gasteiger charge is -2.02. The second kappa shape index (κ2) is 5.77. The fourth-order valence-electron chi connectivity index (χ4n) is 0.718. The molecule has 0 aliphatic rings. The molecule has 2 N–H and O–H groups in total. The Morgan fingerprint density at radius 2 is 2.00 bits per heavy atom. The van der Waals surface area contributed by atoms with Gasteiger partial charge in [-0.2, -0.15) is 0 Å². The van der Waals surface area contributed by atoms with Crippen LogP contribution >= 0.6 is 0 Å². The van der Waals surface area contributed by atoms with Crippen LogP contribution in [0.5, 0.6) is 0 Å². The Labute approximate surface area is 72.7 Å². The molecule has 3 heteroatoms. The minimum absolute atomic E-state index is 0.0175. The van der Waals surface area contributed by atoms with Gasteiger partial charge in [-0.05, 0) is 12.3 Å². The second-order valence-electron chi connectivity index (χ2n) is 3.13. The molecule has 0 saturated heterocycles. The fourth-order valence-corrected chi connectivity index (χ4v) is 0.718. The van der Waals surface area contributed by atoms with Gasteiger partial charge < -0.3 is 10.2 Å². The number of carboxylic acids is 1. The van der Waals surface area contributed by atoms with E-state index in [1.165, 1.54) is 0 Å². The van der Waals surface area contributed by atoms with E-state index >= 15 is 0 Å². The molecule has 0 heterocycles. The second-order valence-corrected chi connectivity index (χ2v) is 3.13. The van der Waals surface area contributed by atoms with E-state index in [0.29, 0.717) is 12.3 Å². The van der Waals surface area contributed by atoms with Crippen LogP contribution in [0.3, 0.4) is 0 Å². The van der Waals surface area contributed by atoms with Crippen LogP contribution in [0.25, 0.3) is 0 Å². The van der Waals surface area contributed by atoms with Crippen LogP contribution < -0.4 is 0 Å². The maximum Gasteiger partial charge on any atom is 0.303 e. The van der Waals surface area contributed by atoms with Gasteiger partial charge >= 0.3 is 5.97 Å². The van der Waals surface area contributed by atoms with Gasteiger partial charge in [-0.15, -0.1) is 0 Å². The summed E-state index contributed by atoms with van der Waals surface area (Å²) in [5.74, 6) is -0.475. The molecule has 0 bridgehead atoms. The fraction of sp³-hybridized carbons (Fsp3) is 0.667. The van der Waals surface area contributed by atoms with Crippen molar-refractivity contribution in [2.45, 2.75) is 32.8 Å². The maximum absolute atomic E-state index is 10.1. The van der Waals surface area contributed by atoms with Crippen LogP contribution in [-0.4, -0.2) is 22.3 Å². The average Bonchev–Trinajstić information content (AvgIpc) is 1.96. The van der Waals surface area contributed by atoms with Gasteiger partial charge in [0.1, 0.15) is 0 Å². The van der Waals surface area contributed by atoms with Crippen LogP contribution in [0.1, 0.15) is 26.7 Å². The number of aliphatic hydroxyl groups is 1. The number of aliphatic hydroxyl groups excluding tert-OH is 1. The highest BCUT2D eigenvalue weighted by atomic mass is 16.4. The molecule has 0 radical (unpaired) electrons. The Balaban J connectivity index is 3.59. The zero-order valence-electron chi connectivity index (χ0n) is 7.53. The Morgan fingerprint density at radius 1 is 1.42 bits per heavy atom. The van der Waals surface area contributed by atoms with Gasteiger partial charge in [0, 0.05) is 6.42 Å². The first-order valence-electron chi connectivity index (χ1n) is 4.10. The number of rotatable bonds is 5. The van der Waals surface area contributed by atoms with E-state index in [-0.39, 0.29) is 6.42 Å². The number of carboxylic acid groups (broad SMARTS) is 1. The molecule has 1 atom stereocenters. The van der Waals surface area contributed by atoms with Gasteiger partial charge in [0.25, 0.3) is 0 Å². The van der Waals surface area contributed by atoms with E-state index in [2.05, 4.69) is 0 Å². The summed E-state index contributed by atoms with van der Waals surface area (Å²) in [6, 6.07) is 0. The van der Waals surface area contributed by atoms with E-state index in [0.717, 1.165) is 0 Å². The van der Waals surface area contributed by atoms with Gasteiger partial charge in [0.2, 0.25) is 0 Å². The predicted molar refractivity (Wildman–Crippen MR) is 46.9 cm³/mol. The van der Waals surface area contributed by atoms with Crippen LogP contribution in [0, 0.1) is 5.92 Å². The summed E-state index contributed by atoms with van der Waals surface area (Å²) in [5, 5.41) is 17.5. The van der Waals surface area contributed by atoms with Crippen molar-refractivity contribution >= 4 is 5.97 Å². The normalized spacial score (nSPS) is 14.0. The first kappa shape index (κ1) is 11.2. The summed E-state index contributed by atoms with van der Waals surface area (Å²) in [6.45, 7) is 4.00. The molecule has 0 spiro atoms. The molecule has 1 unspecified atom stereocenters. The molecule has 3 nitrogen and oxygen atoms in total. The Morgan fingerprint density at radius 3 is 2.42 bits per heavy atom. The van der Waals surface area contributed by atoms with E-state index in [1.54, 1.807) is 6.08 Å². The van der Waals surface area contributed by atoms with Crippen molar-refractivity contribution in [3.05, 3.63) is 12.2 Å². The molecule has 12 heavy (non-hydrogen) atoms. The SMILES string of the molecule is CC(C)/C=C/C(O)CCC(=O)O. The number of carbonyl (C=O) groups is 1. The quantitative estimate of drug-likeness (QED) is 0.617. The molecule has 0 rings (SSSR count).